The Bertz CT molecular complexity index is 393. The molecule has 0 aromatic rings. The van der Waals surface area contributed by atoms with Crippen LogP contribution < -0.4 is 5.32 Å². The lowest BCUT2D eigenvalue weighted by Crippen LogP contribution is -2.48. The predicted octanol–water partition coefficient (Wildman–Crippen LogP) is 3.11. The molecule has 1 amide bonds. The van der Waals surface area contributed by atoms with E-state index in [-0.39, 0.29) is 19.3 Å². The highest BCUT2D eigenvalue weighted by Gasteiger charge is 2.46. The maximum absolute atomic E-state index is 12.9. The fourth-order valence-electron chi connectivity index (χ4n) is 2.86. The van der Waals surface area contributed by atoms with Crippen molar-refractivity contribution in [2.24, 2.45) is 11.3 Å². The molecule has 0 saturated heterocycles. The van der Waals surface area contributed by atoms with E-state index in [1.54, 1.807) is 13.8 Å². The van der Waals surface area contributed by atoms with Crippen LogP contribution in [-0.2, 0) is 9.59 Å². The summed E-state index contributed by atoms with van der Waals surface area (Å²) < 4.78 is 38.8. The quantitative estimate of drug-likeness (QED) is 0.820. The van der Waals surface area contributed by atoms with E-state index >= 15 is 0 Å². The summed E-state index contributed by atoms with van der Waals surface area (Å²) >= 11 is 0. The lowest BCUT2D eigenvalue weighted by atomic mass is 9.82. The van der Waals surface area contributed by atoms with E-state index in [4.69, 9.17) is 5.11 Å². The van der Waals surface area contributed by atoms with Crippen LogP contribution in [-0.4, -0.2) is 29.2 Å². The third-order valence-electron chi connectivity index (χ3n) is 3.80. The first-order valence-corrected chi connectivity index (χ1v) is 7.09. The van der Waals surface area contributed by atoms with E-state index < -0.39 is 35.4 Å². The highest BCUT2D eigenvalue weighted by atomic mass is 19.4. The lowest BCUT2D eigenvalue weighted by molar-refractivity contribution is -0.189. The number of carboxylic acid groups (broad SMARTS) is 1. The van der Waals surface area contributed by atoms with Crippen molar-refractivity contribution in [2.45, 2.75) is 64.6 Å². The van der Waals surface area contributed by atoms with Crippen molar-refractivity contribution in [1.29, 1.82) is 0 Å². The molecule has 0 aromatic carbocycles. The molecule has 0 bridgehead atoms. The fraction of sp³-hybridized carbons (Fsp3) is 0.857. The molecule has 0 radical (unpaired) electrons. The maximum atomic E-state index is 12.9. The smallest absolute Gasteiger partial charge is 0.393 e. The molecule has 7 heteroatoms. The molecule has 1 aliphatic rings. The molecule has 122 valence electrons. The molecule has 0 heterocycles. The summed E-state index contributed by atoms with van der Waals surface area (Å²) in [4.78, 5) is 22.6. The molecule has 1 fully saturated rings. The average Bonchev–Trinajstić information content (AvgIpc) is 2.24. The third kappa shape index (κ3) is 5.93. The summed E-state index contributed by atoms with van der Waals surface area (Å²) in [5.74, 6) is -3.04. The van der Waals surface area contributed by atoms with Crippen LogP contribution in [0.15, 0.2) is 0 Å². The molecule has 2 atom stereocenters. The minimum absolute atomic E-state index is 0.0347. The monoisotopic (exact) mass is 309 g/mol. The van der Waals surface area contributed by atoms with Crippen LogP contribution in [0.5, 0.6) is 0 Å². The van der Waals surface area contributed by atoms with Crippen molar-refractivity contribution in [3.05, 3.63) is 0 Å². The molecule has 1 saturated carbocycles. The Hall–Kier alpha value is -1.27. The number of carbonyl (C=O) groups is 2. The number of rotatable bonds is 5. The molecular formula is C14H22F3NO3. The van der Waals surface area contributed by atoms with Gasteiger partial charge >= 0.3 is 12.1 Å². The number of carboxylic acids is 1. The Balaban J connectivity index is 2.62. The Kier molecular flexibility index (Phi) is 5.64. The normalized spacial score (nSPS) is 23.7. The van der Waals surface area contributed by atoms with Gasteiger partial charge in [-0.3, -0.25) is 9.59 Å². The number of nitrogens with one attached hydrogen (secondary N) is 1. The van der Waals surface area contributed by atoms with E-state index in [9.17, 15) is 22.8 Å². The minimum atomic E-state index is -4.31. The summed E-state index contributed by atoms with van der Waals surface area (Å²) in [5.41, 5.74) is -0.779. The second-order valence-corrected chi connectivity index (χ2v) is 6.52. The second kappa shape index (κ2) is 6.66. The van der Waals surface area contributed by atoms with Crippen LogP contribution in [0, 0.1) is 11.3 Å². The number of amides is 1. The topological polar surface area (TPSA) is 66.4 Å². The van der Waals surface area contributed by atoms with Gasteiger partial charge in [-0.2, -0.15) is 13.2 Å². The first kappa shape index (κ1) is 17.8. The lowest BCUT2D eigenvalue weighted by Gasteiger charge is -2.34. The van der Waals surface area contributed by atoms with E-state index in [0.717, 1.165) is 0 Å². The molecule has 4 nitrogen and oxygen atoms in total. The van der Waals surface area contributed by atoms with Gasteiger partial charge in [-0.15, -0.1) is 0 Å². The molecule has 0 spiro atoms. The van der Waals surface area contributed by atoms with E-state index in [1.807, 2.05) is 0 Å². The van der Waals surface area contributed by atoms with Crippen LogP contribution in [0.4, 0.5) is 13.2 Å². The van der Waals surface area contributed by atoms with Gasteiger partial charge in [-0.05, 0) is 18.3 Å². The van der Waals surface area contributed by atoms with Gasteiger partial charge < -0.3 is 10.4 Å². The van der Waals surface area contributed by atoms with Gasteiger partial charge in [-0.1, -0.05) is 26.7 Å². The van der Waals surface area contributed by atoms with Crippen LogP contribution in [0.3, 0.4) is 0 Å². The Morgan fingerprint density at radius 3 is 2.24 bits per heavy atom. The summed E-state index contributed by atoms with van der Waals surface area (Å²) in [5, 5.41) is 11.2. The summed E-state index contributed by atoms with van der Waals surface area (Å²) in [6.45, 7) is 3.23. The average molecular weight is 309 g/mol. The minimum Gasteiger partial charge on any atom is -0.481 e. The van der Waals surface area contributed by atoms with Crippen molar-refractivity contribution >= 4 is 11.9 Å². The SMILES string of the molecule is CC(C)(CC(=O)O)CC(=O)NC1CCCCC1C(F)(F)F. The molecular weight excluding hydrogens is 287 g/mol. The molecule has 21 heavy (non-hydrogen) atoms. The number of hydrogen-bond donors (Lipinski definition) is 2. The number of hydrogen-bond acceptors (Lipinski definition) is 2. The van der Waals surface area contributed by atoms with E-state index in [1.165, 1.54) is 0 Å². The van der Waals surface area contributed by atoms with Gasteiger partial charge in [0.15, 0.2) is 0 Å². The van der Waals surface area contributed by atoms with Gasteiger partial charge in [0.25, 0.3) is 0 Å². The maximum Gasteiger partial charge on any atom is 0.393 e. The van der Waals surface area contributed by atoms with Crippen molar-refractivity contribution in [1.82, 2.24) is 5.32 Å². The zero-order chi connectivity index (χ0) is 16.3. The summed E-state index contributed by atoms with van der Waals surface area (Å²) in [7, 11) is 0. The molecule has 2 unspecified atom stereocenters. The van der Waals surface area contributed by atoms with Gasteiger partial charge in [0.1, 0.15) is 0 Å². The molecule has 0 aromatic heterocycles. The van der Waals surface area contributed by atoms with E-state index in [0.29, 0.717) is 19.3 Å². The second-order valence-electron chi connectivity index (χ2n) is 6.52. The standard InChI is InChI=1S/C14H22F3NO3/c1-13(2,8-12(20)21)7-11(19)18-10-6-4-3-5-9(10)14(15,16)17/h9-10H,3-8H2,1-2H3,(H,18,19)(H,20,21). The van der Waals surface area contributed by atoms with Crippen molar-refractivity contribution < 1.29 is 27.9 Å². The van der Waals surface area contributed by atoms with Crippen LogP contribution in [0.1, 0.15) is 52.4 Å². The molecule has 0 aliphatic heterocycles. The molecule has 1 rings (SSSR count). The van der Waals surface area contributed by atoms with Crippen LogP contribution in [0.2, 0.25) is 0 Å². The van der Waals surface area contributed by atoms with Gasteiger partial charge in [-0.25, -0.2) is 0 Å². The molecule has 1 aliphatic carbocycles. The predicted molar refractivity (Wildman–Crippen MR) is 70.6 cm³/mol. The Morgan fingerprint density at radius 2 is 1.71 bits per heavy atom. The molecule has 2 N–H and O–H groups in total. The van der Waals surface area contributed by atoms with Gasteiger partial charge in [0.05, 0.1) is 12.3 Å². The van der Waals surface area contributed by atoms with Crippen molar-refractivity contribution in [2.75, 3.05) is 0 Å². The third-order valence-corrected chi connectivity index (χ3v) is 3.80. The number of carbonyl (C=O) groups excluding carboxylic acids is 1. The highest BCUT2D eigenvalue weighted by Crippen LogP contribution is 2.38. The first-order valence-electron chi connectivity index (χ1n) is 7.09. The number of alkyl halides is 3. The largest absolute Gasteiger partial charge is 0.481 e. The van der Waals surface area contributed by atoms with E-state index in [2.05, 4.69) is 5.32 Å². The van der Waals surface area contributed by atoms with Gasteiger partial charge in [0, 0.05) is 12.5 Å². The summed E-state index contributed by atoms with van der Waals surface area (Å²) in [6, 6.07) is -0.896. The first-order chi connectivity index (χ1) is 9.51. The van der Waals surface area contributed by atoms with Crippen molar-refractivity contribution in [3.8, 4) is 0 Å². The number of aliphatic carboxylic acids is 1. The fourth-order valence-corrected chi connectivity index (χ4v) is 2.86. The zero-order valence-electron chi connectivity index (χ0n) is 12.3. The Morgan fingerprint density at radius 1 is 1.14 bits per heavy atom. The van der Waals surface area contributed by atoms with Gasteiger partial charge in [0.2, 0.25) is 5.91 Å². The summed E-state index contributed by atoms with van der Waals surface area (Å²) in [6.07, 6.45) is -3.08. The zero-order valence-corrected chi connectivity index (χ0v) is 12.3. The van der Waals surface area contributed by atoms with Crippen LogP contribution in [0.25, 0.3) is 0 Å². The Labute approximate surface area is 122 Å². The highest BCUT2D eigenvalue weighted by molar-refractivity contribution is 5.78. The van der Waals surface area contributed by atoms with Crippen LogP contribution >= 0.6 is 0 Å². The van der Waals surface area contributed by atoms with Crippen molar-refractivity contribution in [3.63, 3.8) is 0 Å². The number of halogens is 3.